The van der Waals surface area contributed by atoms with Gasteiger partial charge in [-0.15, -0.1) is 10.2 Å². The van der Waals surface area contributed by atoms with Crippen LogP contribution in [0.5, 0.6) is 5.75 Å². The minimum absolute atomic E-state index is 0.226. The zero-order valence-corrected chi connectivity index (χ0v) is 15.2. The third-order valence-corrected chi connectivity index (χ3v) is 4.79. The molecule has 0 aliphatic heterocycles. The maximum absolute atomic E-state index is 6.15. The van der Waals surface area contributed by atoms with Crippen molar-refractivity contribution in [2.45, 2.75) is 24.5 Å². The summed E-state index contributed by atoms with van der Waals surface area (Å²) in [6.07, 6.45) is 0. The summed E-state index contributed by atoms with van der Waals surface area (Å²) < 4.78 is 11.2. The lowest BCUT2D eigenvalue weighted by Crippen LogP contribution is -1.95. The maximum atomic E-state index is 6.15. The van der Waals surface area contributed by atoms with Crippen LogP contribution in [0.25, 0.3) is 0 Å². The predicted molar refractivity (Wildman–Crippen MR) is 95.8 cm³/mol. The largest absolute Gasteiger partial charge is 0.484 e. The Bertz CT molecular complexity index is 801. The summed E-state index contributed by atoms with van der Waals surface area (Å²) in [5, 5.41) is 9.67. The van der Waals surface area contributed by atoms with Crippen LogP contribution in [0.3, 0.4) is 0 Å². The van der Waals surface area contributed by atoms with Gasteiger partial charge in [-0.1, -0.05) is 58.7 Å². The van der Waals surface area contributed by atoms with E-state index >= 15 is 0 Å². The summed E-state index contributed by atoms with van der Waals surface area (Å²) in [6, 6.07) is 13.2. The molecule has 0 atom stereocenters. The van der Waals surface area contributed by atoms with Crippen molar-refractivity contribution >= 4 is 35.0 Å². The molecule has 0 bridgehead atoms. The normalized spacial score (nSPS) is 10.8. The summed E-state index contributed by atoms with van der Waals surface area (Å²) in [6.45, 7) is 2.25. The zero-order chi connectivity index (χ0) is 16.9. The van der Waals surface area contributed by atoms with Gasteiger partial charge in [0.1, 0.15) is 5.75 Å². The van der Waals surface area contributed by atoms with Gasteiger partial charge in [0.25, 0.3) is 11.1 Å². The average molecular weight is 381 g/mol. The second-order valence-electron chi connectivity index (χ2n) is 5.05. The van der Waals surface area contributed by atoms with E-state index in [1.54, 1.807) is 12.1 Å². The Balaban J connectivity index is 1.56. The van der Waals surface area contributed by atoms with Gasteiger partial charge < -0.3 is 9.15 Å². The molecule has 0 fully saturated rings. The Labute approximate surface area is 154 Å². The molecule has 0 aliphatic rings. The van der Waals surface area contributed by atoms with Crippen LogP contribution in [0.2, 0.25) is 10.0 Å². The fourth-order valence-electron chi connectivity index (χ4n) is 1.94. The lowest BCUT2D eigenvalue weighted by Gasteiger charge is -2.04. The van der Waals surface area contributed by atoms with E-state index in [2.05, 4.69) is 10.2 Å². The van der Waals surface area contributed by atoms with E-state index in [0.29, 0.717) is 26.9 Å². The van der Waals surface area contributed by atoms with Crippen LogP contribution >= 0.6 is 35.0 Å². The monoisotopic (exact) mass is 380 g/mol. The number of benzene rings is 2. The van der Waals surface area contributed by atoms with Gasteiger partial charge in [0, 0.05) is 15.8 Å². The van der Waals surface area contributed by atoms with Crippen LogP contribution in [-0.2, 0) is 12.4 Å². The Morgan fingerprint density at radius 2 is 1.75 bits per heavy atom. The average Bonchev–Trinajstić information content (AvgIpc) is 3.02. The number of ether oxygens (including phenoxy) is 1. The number of thioether (sulfide) groups is 1. The fraction of sp³-hybridized carbons (Fsp3) is 0.176. The molecule has 0 saturated heterocycles. The number of nitrogens with zero attached hydrogens (tertiary/aromatic N) is 2. The lowest BCUT2D eigenvalue weighted by molar-refractivity contribution is 0.252. The minimum atomic E-state index is 0.226. The highest BCUT2D eigenvalue weighted by Crippen LogP contribution is 2.31. The molecule has 0 saturated carbocycles. The summed E-state index contributed by atoms with van der Waals surface area (Å²) >= 11 is 13.7. The highest BCUT2D eigenvalue weighted by molar-refractivity contribution is 7.98. The Kier molecular flexibility index (Phi) is 5.66. The van der Waals surface area contributed by atoms with E-state index in [1.165, 1.54) is 17.3 Å². The number of rotatable bonds is 6. The van der Waals surface area contributed by atoms with Crippen molar-refractivity contribution in [3.8, 4) is 5.75 Å². The van der Waals surface area contributed by atoms with Crippen LogP contribution in [0.1, 0.15) is 17.0 Å². The van der Waals surface area contributed by atoms with Crippen molar-refractivity contribution in [1.82, 2.24) is 10.2 Å². The van der Waals surface area contributed by atoms with E-state index in [1.807, 2.05) is 37.3 Å². The Hall–Kier alpha value is -1.69. The molecule has 0 aliphatic carbocycles. The van der Waals surface area contributed by atoms with Gasteiger partial charge in [0.05, 0.1) is 0 Å². The van der Waals surface area contributed by atoms with Crippen molar-refractivity contribution in [3.63, 3.8) is 0 Å². The molecule has 0 spiro atoms. The van der Waals surface area contributed by atoms with E-state index in [9.17, 15) is 0 Å². The van der Waals surface area contributed by atoms with Gasteiger partial charge in [-0.25, -0.2) is 0 Å². The van der Waals surface area contributed by atoms with E-state index < -0.39 is 0 Å². The molecular formula is C17H14Cl2N2O2S. The highest BCUT2D eigenvalue weighted by atomic mass is 35.5. The zero-order valence-electron chi connectivity index (χ0n) is 12.8. The van der Waals surface area contributed by atoms with Crippen molar-refractivity contribution < 1.29 is 9.15 Å². The SMILES string of the molecule is Cc1ccc(OCc2nnc(SCc3c(Cl)cccc3Cl)o2)cc1. The quantitative estimate of drug-likeness (QED) is 0.524. The van der Waals surface area contributed by atoms with Crippen molar-refractivity contribution in [1.29, 1.82) is 0 Å². The second-order valence-corrected chi connectivity index (χ2v) is 6.79. The third-order valence-electron chi connectivity index (χ3n) is 3.23. The molecule has 0 amide bonds. The molecule has 24 heavy (non-hydrogen) atoms. The minimum Gasteiger partial charge on any atom is -0.484 e. The van der Waals surface area contributed by atoms with Gasteiger partial charge >= 0.3 is 0 Å². The summed E-state index contributed by atoms with van der Waals surface area (Å²) in [5.74, 6) is 1.73. The number of aryl methyl sites for hydroxylation is 1. The molecule has 2 aromatic carbocycles. The standard InChI is InChI=1S/C17H14Cl2N2O2S/c1-11-5-7-12(8-6-11)22-9-16-20-21-17(23-16)24-10-13-14(18)3-2-4-15(13)19/h2-8H,9-10H2,1H3. The summed E-state index contributed by atoms with van der Waals surface area (Å²) in [4.78, 5) is 0. The van der Waals surface area contributed by atoms with Gasteiger partial charge in [-0.05, 0) is 36.8 Å². The van der Waals surface area contributed by atoms with Gasteiger partial charge in [0.15, 0.2) is 6.61 Å². The Morgan fingerprint density at radius 1 is 1.04 bits per heavy atom. The molecule has 124 valence electrons. The predicted octanol–water partition coefficient (Wildman–Crippen LogP) is 5.56. The topological polar surface area (TPSA) is 48.2 Å². The number of halogens is 2. The van der Waals surface area contributed by atoms with E-state index in [0.717, 1.165) is 11.3 Å². The summed E-state index contributed by atoms with van der Waals surface area (Å²) in [5.41, 5.74) is 2.03. The molecular weight excluding hydrogens is 367 g/mol. The van der Waals surface area contributed by atoms with Gasteiger partial charge in [-0.2, -0.15) is 0 Å². The van der Waals surface area contributed by atoms with Crippen LogP contribution in [0.15, 0.2) is 52.1 Å². The molecule has 1 aromatic heterocycles. The number of aromatic nitrogens is 2. The van der Waals surface area contributed by atoms with Crippen LogP contribution in [0, 0.1) is 6.92 Å². The lowest BCUT2D eigenvalue weighted by atomic mass is 10.2. The molecule has 0 unspecified atom stereocenters. The molecule has 3 rings (SSSR count). The first kappa shape index (κ1) is 17.1. The van der Waals surface area contributed by atoms with E-state index in [4.69, 9.17) is 32.4 Å². The highest BCUT2D eigenvalue weighted by Gasteiger charge is 2.11. The number of hydrogen-bond acceptors (Lipinski definition) is 5. The maximum Gasteiger partial charge on any atom is 0.277 e. The van der Waals surface area contributed by atoms with Crippen LogP contribution in [0.4, 0.5) is 0 Å². The third kappa shape index (κ3) is 4.44. The molecule has 1 heterocycles. The number of hydrogen-bond donors (Lipinski definition) is 0. The van der Waals surface area contributed by atoms with Crippen LogP contribution < -0.4 is 4.74 Å². The van der Waals surface area contributed by atoms with Crippen molar-refractivity contribution in [2.75, 3.05) is 0 Å². The molecule has 0 N–H and O–H groups in total. The Morgan fingerprint density at radius 3 is 2.46 bits per heavy atom. The molecule has 4 nitrogen and oxygen atoms in total. The van der Waals surface area contributed by atoms with Crippen molar-refractivity contribution in [3.05, 3.63) is 69.5 Å². The van der Waals surface area contributed by atoms with Gasteiger partial charge in [0.2, 0.25) is 0 Å². The van der Waals surface area contributed by atoms with Crippen molar-refractivity contribution in [2.24, 2.45) is 0 Å². The molecule has 7 heteroatoms. The smallest absolute Gasteiger partial charge is 0.277 e. The molecule has 0 radical (unpaired) electrons. The first-order valence-electron chi connectivity index (χ1n) is 7.19. The fourth-order valence-corrected chi connectivity index (χ4v) is 3.46. The second kappa shape index (κ2) is 7.92. The first-order valence-corrected chi connectivity index (χ1v) is 8.93. The van der Waals surface area contributed by atoms with Crippen LogP contribution in [-0.4, -0.2) is 10.2 Å². The van der Waals surface area contributed by atoms with Gasteiger partial charge in [-0.3, -0.25) is 0 Å². The summed E-state index contributed by atoms with van der Waals surface area (Å²) in [7, 11) is 0. The first-order chi connectivity index (χ1) is 11.6. The molecule has 3 aromatic rings. The van der Waals surface area contributed by atoms with E-state index in [-0.39, 0.29) is 6.61 Å².